The smallest absolute Gasteiger partial charge is 0.338 e. The van der Waals surface area contributed by atoms with Gasteiger partial charge in [0, 0.05) is 4.88 Å². The second-order valence-corrected chi connectivity index (χ2v) is 7.15. The lowest BCUT2D eigenvalue weighted by molar-refractivity contribution is -0.136. The van der Waals surface area contributed by atoms with E-state index < -0.39 is 12.0 Å². The second kappa shape index (κ2) is 7.32. The fourth-order valence-corrected chi connectivity index (χ4v) is 4.13. The zero-order valence-corrected chi connectivity index (χ0v) is 15.5. The Hall–Kier alpha value is -3.00. The Bertz CT molecular complexity index is 894. The first-order chi connectivity index (χ1) is 13.2. The quantitative estimate of drug-likeness (QED) is 0.791. The van der Waals surface area contributed by atoms with Gasteiger partial charge in [0.1, 0.15) is 12.4 Å². The highest BCUT2D eigenvalue weighted by molar-refractivity contribution is 7.10. The minimum atomic E-state index is -0.530. The zero-order valence-electron chi connectivity index (χ0n) is 14.7. The summed E-state index contributed by atoms with van der Waals surface area (Å²) in [6.45, 7) is 1.57. The molecule has 4 rings (SSSR count). The maximum Gasteiger partial charge on any atom is 0.338 e. The molecule has 1 unspecified atom stereocenters. The molecule has 0 spiro atoms. The van der Waals surface area contributed by atoms with Gasteiger partial charge in [-0.3, -0.25) is 0 Å². The fourth-order valence-electron chi connectivity index (χ4n) is 3.34. The van der Waals surface area contributed by atoms with E-state index in [1.54, 1.807) is 0 Å². The van der Waals surface area contributed by atoms with E-state index in [0.29, 0.717) is 31.0 Å². The number of nitrogens with zero attached hydrogens (tertiary/aromatic N) is 1. The number of carbonyl (C=O) groups is 2. The third-order valence-electron chi connectivity index (χ3n) is 4.56. The predicted octanol–water partition coefficient (Wildman–Crippen LogP) is 2.43. The van der Waals surface area contributed by atoms with E-state index in [-0.39, 0.29) is 6.03 Å². The van der Waals surface area contributed by atoms with Crippen LogP contribution in [0.4, 0.5) is 10.5 Å². The van der Waals surface area contributed by atoms with Crippen LogP contribution in [0.5, 0.6) is 5.75 Å². The molecule has 2 N–H and O–H groups in total. The molecule has 2 aromatic rings. The minimum absolute atomic E-state index is 0.336. The molecular weight excluding hydrogens is 366 g/mol. The Morgan fingerprint density at radius 1 is 1.33 bits per heavy atom. The van der Waals surface area contributed by atoms with Crippen LogP contribution in [0.25, 0.3) is 0 Å². The van der Waals surface area contributed by atoms with E-state index in [4.69, 9.17) is 9.47 Å². The first-order valence-electron chi connectivity index (χ1n) is 8.56. The average molecular weight is 385 g/mol. The fraction of sp³-hybridized carbons (Fsp3) is 0.263. The number of esters is 1. The van der Waals surface area contributed by atoms with E-state index in [9.17, 15) is 9.59 Å². The van der Waals surface area contributed by atoms with Gasteiger partial charge >= 0.3 is 12.0 Å². The zero-order chi connectivity index (χ0) is 18.8. The van der Waals surface area contributed by atoms with Crippen LogP contribution in [-0.2, 0) is 9.53 Å². The lowest BCUT2D eigenvalue weighted by Crippen LogP contribution is -2.49. The Morgan fingerprint density at radius 2 is 2.19 bits per heavy atom. The van der Waals surface area contributed by atoms with Crippen LogP contribution in [0.2, 0.25) is 0 Å². The Kier molecular flexibility index (Phi) is 4.72. The number of amides is 2. The molecule has 27 heavy (non-hydrogen) atoms. The SMILES string of the molecule is COC(=O)C1=C(CN2CCOc3ccccc32)NC(=O)NC1c1cccs1. The van der Waals surface area contributed by atoms with Crippen molar-refractivity contribution < 1.29 is 19.1 Å². The monoisotopic (exact) mass is 385 g/mol. The third kappa shape index (κ3) is 3.35. The van der Waals surface area contributed by atoms with Crippen LogP contribution in [-0.4, -0.2) is 38.8 Å². The van der Waals surface area contributed by atoms with Crippen LogP contribution in [0.1, 0.15) is 10.9 Å². The average Bonchev–Trinajstić information content (AvgIpc) is 3.22. The van der Waals surface area contributed by atoms with Crippen molar-refractivity contribution in [1.82, 2.24) is 10.6 Å². The Labute approximate surface area is 160 Å². The van der Waals surface area contributed by atoms with Gasteiger partial charge in [-0.15, -0.1) is 11.3 Å². The molecule has 0 aliphatic carbocycles. The van der Waals surface area contributed by atoms with Crippen molar-refractivity contribution in [3.8, 4) is 5.75 Å². The number of rotatable bonds is 4. The molecule has 1 atom stereocenters. The highest BCUT2D eigenvalue weighted by Crippen LogP contribution is 2.34. The number of nitrogens with one attached hydrogen (secondary N) is 2. The van der Waals surface area contributed by atoms with Gasteiger partial charge in [0.05, 0.1) is 43.2 Å². The number of para-hydroxylation sites is 2. The van der Waals surface area contributed by atoms with Crippen molar-refractivity contribution in [2.45, 2.75) is 6.04 Å². The summed E-state index contributed by atoms with van der Waals surface area (Å²) in [4.78, 5) is 27.8. The van der Waals surface area contributed by atoms with Crippen molar-refractivity contribution in [3.05, 3.63) is 57.9 Å². The van der Waals surface area contributed by atoms with Crippen molar-refractivity contribution in [1.29, 1.82) is 0 Å². The van der Waals surface area contributed by atoms with E-state index >= 15 is 0 Å². The predicted molar refractivity (Wildman–Crippen MR) is 102 cm³/mol. The molecule has 1 aromatic carbocycles. The highest BCUT2D eigenvalue weighted by atomic mass is 32.1. The molecule has 7 nitrogen and oxygen atoms in total. The number of ether oxygens (including phenoxy) is 2. The first-order valence-corrected chi connectivity index (χ1v) is 9.44. The Balaban J connectivity index is 1.73. The van der Waals surface area contributed by atoms with E-state index in [1.807, 2.05) is 41.8 Å². The summed E-state index contributed by atoms with van der Waals surface area (Å²) in [6, 6.07) is 10.6. The molecule has 3 heterocycles. The third-order valence-corrected chi connectivity index (χ3v) is 5.50. The molecule has 2 aliphatic heterocycles. The lowest BCUT2D eigenvalue weighted by atomic mass is 10.0. The summed E-state index contributed by atoms with van der Waals surface area (Å²) >= 11 is 1.48. The van der Waals surface area contributed by atoms with Gasteiger partial charge in [-0.05, 0) is 23.6 Å². The van der Waals surface area contributed by atoms with Crippen molar-refractivity contribution >= 4 is 29.0 Å². The maximum atomic E-state index is 12.6. The summed E-state index contributed by atoms with van der Waals surface area (Å²) in [5, 5.41) is 7.54. The first kappa shape index (κ1) is 17.4. The second-order valence-electron chi connectivity index (χ2n) is 6.17. The van der Waals surface area contributed by atoms with E-state index in [1.165, 1.54) is 18.4 Å². The topological polar surface area (TPSA) is 79.9 Å². The van der Waals surface area contributed by atoms with Gasteiger partial charge in [0.15, 0.2) is 0 Å². The molecule has 0 saturated heterocycles. The summed E-state index contributed by atoms with van der Waals surface area (Å²) < 4.78 is 10.7. The summed E-state index contributed by atoms with van der Waals surface area (Å²) in [5.74, 6) is 0.330. The number of anilines is 1. The molecule has 0 bridgehead atoms. The molecule has 1 aromatic heterocycles. The summed E-state index contributed by atoms with van der Waals surface area (Å²) in [5.41, 5.74) is 1.89. The van der Waals surface area contributed by atoms with Crippen molar-refractivity contribution in [3.63, 3.8) is 0 Å². The van der Waals surface area contributed by atoms with Crippen molar-refractivity contribution in [2.75, 3.05) is 31.7 Å². The van der Waals surface area contributed by atoms with Crippen molar-refractivity contribution in [2.24, 2.45) is 0 Å². The van der Waals surface area contributed by atoms with Gasteiger partial charge in [-0.1, -0.05) is 18.2 Å². The number of hydrogen-bond acceptors (Lipinski definition) is 6. The molecule has 2 aliphatic rings. The summed E-state index contributed by atoms with van der Waals surface area (Å²) in [7, 11) is 1.35. The number of carbonyl (C=O) groups excluding carboxylic acids is 2. The van der Waals surface area contributed by atoms with Crippen LogP contribution in [0, 0.1) is 0 Å². The van der Waals surface area contributed by atoms with E-state index in [0.717, 1.165) is 16.3 Å². The number of thiophene rings is 1. The number of methoxy groups -OCH3 is 1. The molecular formula is C19H19N3O4S. The number of hydrogen-bond donors (Lipinski definition) is 2. The number of benzene rings is 1. The van der Waals surface area contributed by atoms with Crippen LogP contribution >= 0.6 is 11.3 Å². The number of fused-ring (bicyclic) bond motifs is 1. The van der Waals surface area contributed by atoms with Gasteiger partial charge in [0.25, 0.3) is 0 Å². The van der Waals surface area contributed by atoms with E-state index in [2.05, 4.69) is 15.5 Å². The molecule has 8 heteroatoms. The van der Waals surface area contributed by atoms with Gasteiger partial charge in [0.2, 0.25) is 0 Å². The molecule has 140 valence electrons. The standard InChI is InChI=1S/C19H19N3O4S/c1-25-18(23)16-12(20-19(24)21-17(16)15-7-4-10-27-15)11-22-8-9-26-14-6-3-2-5-13(14)22/h2-7,10,17H,8-9,11H2,1H3,(H2,20,21,24). The molecule has 2 amide bonds. The largest absolute Gasteiger partial charge is 0.490 e. The summed E-state index contributed by atoms with van der Waals surface area (Å²) in [6.07, 6.45) is 0. The number of urea groups is 1. The maximum absolute atomic E-state index is 12.6. The van der Waals surface area contributed by atoms with Gasteiger partial charge in [-0.25, -0.2) is 9.59 Å². The molecule has 0 radical (unpaired) electrons. The van der Waals surface area contributed by atoms with Gasteiger partial charge in [-0.2, -0.15) is 0 Å². The highest BCUT2D eigenvalue weighted by Gasteiger charge is 2.35. The molecule has 0 fully saturated rings. The minimum Gasteiger partial charge on any atom is -0.490 e. The Morgan fingerprint density at radius 3 is 2.96 bits per heavy atom. The van der Waals surface area contributed by atoms with Crippen LogP contribution in [0.15, 0.2) is 53.0 Å². The normalized spacial score (nSPS) is 18.9. The molecule has 0 saturated carbocycles. The van der Waals surface area contributed by atoms with Gasteiger partial charge < -0.3 is 25.0 Å². The van der Waals surface area contributed by atoms with Crippen LogP contribution in [0.3, 0.4) is 0 Å². The van der Waals surface area contributed by atoms with Crippen LogP contribution < -0.4 is 20.3 Å². The lowest BCUT2D eigenvalue weighted by Gasteiger charge is -2.35.